The largest absolute Gasteiger partial charge is 0.346 e. The topological polar surface area (TPSA) is 69.8 Å². The van der Waals surface area contributed by atoms with Crippen molar-refractivity contribution in [1.82, 2.24) is 15.3 Å². The van der Waals surface area contributed by atoms with Gasteiger partial charge in [-0.1, -0.05) is 41.9 Å². The molecule has 2 aromatic carbocycles. The summed E-state index contributed by atoms with van der Waals surface area (Å²) in [6.07, 6.45) is 4.49. The SMILES string of the molecule is O=C(NCCc1cccc(-c2cnc3[nH]ccc3c2)c1)Nc1cccc(Cl)c1. The third-order valence-electron chi connectivity index (χ3n) is 4.44. The highest BCUT2D eigenvalue weighted by molar-refractivity contribution is 6.30. The van der Waals surface area contributed by atoms with E-state index in [4.69, 9.17) is 11.6 Å². The van der Waals surface area contributed by atoms with Crippen LogP contribution < -0.4 is 10.6 Å². The van der Waals surface area contributed by atoms with Gasteiger partial charge in [-0.15, -0.1) is 0 Å². The van der Waals surface area contributed by atoms with Crippen molar-refractivity contribution in [3.05, 3.63) is 83.6 Å². The minimum Gasteiger partial charge on any atom is -0.346 e. The second-order valence-corrected chi connectivity index (χ2v) is 6.92. The number of pyridine rings is 1. The average Bonchev–Trinajstić information content (AvgIpc) is 3.16. The minimum absolute atomic E-state index is 0.250. The van der Waals surface area contributed by atoms with E-state index in [0.29, 0.717) is 17.3 Å². The van der Waals surface area contributed by atoms with E-state index < -0.39 is 0 Å². The van der Waals surface area contributed by atoms with E-state index in [1.807, 2.05) is 24.5 Å². The fourth-order valence-corrected chi connectivity index (χ4v) is 3.26. The smallest absolute Gasteiger partial charge is 0.319 e. The van der Waals surface area contributed by atoms with Gasteiger partial charge in [-0.25, -0.2) is 9.78 Å². The number of fused-ring (bicyclic) bond motifs is 1. The Kier molecular flexibility index (Phi) is 5.26. The Morgan fingerprint density at radius 1 is 1.04 bits per heavy atom. The molecule has 2 amide bonds. The predicted octanol–water partition coefficient (Wildman–Crippen LogP) is 5.25. The van der Waals surface area contributed by atoms with Crippen molar-refractivity contribution in [2.75, 3.05) is 11.9 Å². The quantitative estimate of drug-likeness (QED) is 0.435. The van der Waals surface area contributed by atoms with E-state index in [2.05, 4.69) is 44.9 Å². The van der Waals surface area contributed by atoms with Crippen LogP contribution in [0.1, 0.15) is 5.56 Å². The molecule has 0 radical (unpaired) electrons. The molecule has 4 rings (SSSR count). The lowest BCUT2D eigenvalue weighted by Gasteiger charge is -2.09. The summed E-state index contributed by atoms with van der Waals surface area (Å²) in [6.45, 7) is 0.533. The van der Waals surface area contributed by atoms with Crippen molar-refractivity contribution in [3.8, 4) is 11.1 Å². The summed E-state index contributed by atoms with van der Waals surface area (Å²) in [5.41, 5.74) is 4.88. The molecule has 0 bridgehead atoms. The molecule has 0 aliphatic rings. The van der Waals surface area contributed by atoms with Crippen LogP contribution in [0.2, 0.25) is 5.02 Å². The number of halogens is 1. The molecule has 0 fully saturated rings. The first-order chi connectivity index (χ1) is 13.7. The molecule has 5 nitrogen and oxygen atoms in total. The van der Waals surface area contributed by atoms with E-state index in [0.717, 1.165) is 34.1 Å². The molecule has 4 aromatic rings. The van der Waals surface area contributed by atoms with Crippen LogP contribution in [0.5, 0.6) is 0 Å². The summed E-state index contributed by atoms with van der Waals surface area (Å²) in [5, 5.41) is 7.31. The maximum atomic E-state index is 12.0. The zero-order valence-electron chi connectivity index (χ0n) is 15.1. The Morgan fingerprint density at radius 3 is 2.82 bits per heavy atom. The Hall–Kier alpha value is -3.31. The highest BCUT2D eigenvalue weighted by Crippen LogP contribution is 2.23. The van der Waals surface area contributed by atoms with Crippen molar-refractivity contribution in [1.29, 1.82) is 0 Å². The standard InChI is InChI=1S/C22H19ClN4O/c23-19-5-2-6-20(13-19)27-22(28)25-9-7-15-3-1-4-16(11-15)18-12-17-8-10-24-21(17)26-14-18/h1-6,8,10-14H,7,9H2,(H,24,26)(H2,25,27,28). The number of benzene rings is 2. The van der Waals surface area contributed by atoms with Crippen LogP contribution in [0, 0.1) is 0 Å². The number of aromatic amines is 1. The third kappa shape index (κ3) is 4.32. The first-order valence-corrected chi connectivity index (χ1v) is 9.38. The minimum atomic E-state index is -0.250. The Labute approximate surface area is 167 Å². The monoisotopic (exact) mass is 390 g/mol. The first kappa shape index (κ1) is 18.1. The summed E-state index contributed by atoms with van der Waals surface area (Å²) in [4.78, 5) is 19.6. The second-order valence-electron chi connectivity index (χ2n) is 6.48. The Bertz CT molecular complexity index is 1120. The molecule has 3 N–H and O–H groups in total. The molecular formula is C22H19ClN4O. The van der Waals surface area contributed by atoms with Gasteiger partial charge in [0, 0.05) is 40.6 Å². The van der Waals surface area contributed by atoms with E-state index in [1.54, 1.807) is 24.3 Å². The second kappa shape index (κ2) is 8.15. The fraction of sp³-hybridized carbons (Fsp3) is 0.0909. The zero-order valence-corrected chi connectivity index (χ0v) is 15.8. The number of urea groups is 1. The molecule has 0 spiro atoms. The van der Waals surface area contributed by atoms with Gasteiger partial charge in [0.15, 0.2) is 0 Å². The number of nitrogens with zero attached hydrogens (tertiary/aromatic N) is 1. The number of rotatable bonds is 5. The maximum Gasteiger partial charge on any atom is 0.319 e. The van der Waals surface area contributed by atoms with Gasteiger partial charge >= 0.3 is 6.03 Å². The number of carbonyl (C=O) groups is 1. The first-order valence-electron chi connectivity index (χ1n) is 9.00. The Balaban J connectivity index is 1.36. The predicted molar refractivity (Wildman–Crippen MR) is 114 cm³/mol. The molecule has 0 atom stereocenters. The van der Waals surface area contributed by atoms with Crippen LogP contribution in [-0.2, 0) is 6.42 Å². The lowest BCUT2D eigenvalue weighted by Crippen LogP contribution is -2.30. The molecule has 0 aliphatic heterocycles. The molecule has 2 heterocycles. The molecular weight excluding hydrogens is 372 g/mol. The molecule has 0 aliphatic carbocycles. The molecule has 28 heavy (non-hydrogen) atoms. The highest BCUT2D eigenvalue weighted by atomic mass is 35.5. The van der Waals surface area contributed by atoms with Gasteiger partial charge in [0.25, 0.3) is 0 Å². The van der Waals surface area contributed by atoms with Crippen LogP contribution in [0.4, 0.5) is 10.5 Å². The molecule has 2 aromatic heterocycles. The maximum absolute atomic E-state index is 12.0. The zero-order chi connectivity index (χ0) is 19.3. The number of H-pyrrole nitrogens is 1. The number of amides is 2. The fourth-order valence-electron chi connectivity index (χ4n) is 3.07. The van der Waals surface area contributed by atoms with E-state index in [9.17, 15) is 4.79 Å². The molecule has 0 unspecified atom stereocenters. The van der Waals surface area contributed by atoms with E-state index in [1.165, 1.54) is 0 Å². The van der Waals surface area contributed by atoms with Crippen LogP contribution in [0.15, 0.2) is 73.1 Å². The van der Waals surface area contributed by atoms with Crippen molar-refractivity contribution < 1.29 is 4.79 Å². The van der Waals surface area contributed by atoms with Gasteiger partial charge in [-0.2, -0.15) is 0 Å². The molecule has 0 saturated heterocycles. The summed E-state index contributed by atoms with van der Waals surface area (Å²) in [6, 6.07) is 19.2. The van der Waals surface area contributed by atoms with Gasteiger partial charge < -0.3 is 15.6 Å². The Morgan fingerprint density at radius 2 is 1.93 bits per heavy atom. The summed E-state index contributed by atoms with van der Waals surface area (Å²) in [5.74, 6) is 0. The van der Waals surface area contributed by atoms with E-state index in [-0.39, 0.29) is 6.03 Å². The van der Waals surface area contributed by atoms with E-state index >= 15 is 0 Å². The number of hydrogen-bond donors (Lipinski definition) is 3. The van der Waals surface area contributed by atoms with Crippen LogP contribution in [-0.4, -0.2) is 22.5 Å². The lowest BCUT2D eigenvalue weighted by molar-refractivity contribution is 0.252. The van der Waals surface area contributed by atoms with Gasteiger partial charge in [0.1, 0.15) is 5.65 Å². The number of anilines is 1. The van der Waals surface area contributed by atoms with Crippen molar-refractivity contribution in [3.63, 3.8) is 0 Å². The number of hydrogen-bond acceptors (Lipinski definition) is 2. The number of carbonyl (C=O) groups excluding carboxylic acids is 1. The number of aromatic nitrogens is 2. The lowest BCUT2D eigenvalue weighted by atomic mass is 10.0. The van der Waals surface area contributed by atoms with Crippen LogP contribution in [0.25, 0.3) is 22.2 Å². The van der Waals surface area contributed by atoms with Gasteiger partial charge in [0.05, 0.1) is 0 Å². The van der Waals surface area contributed by atoms with Crippen LogP contribution >= 0.6 is 11.6 Å². The van der Waals surface area contributed by atoms with Crippen molar-refractivity contribution >= 4 is 34.4 Å². The number of nitrogens with one attached hydrogen (secondary N) is 3. The van der Waals surface area contributed by atoms with Gasteiger partial charge in [-0.05, 0) is 47.9 Å². The summed E-state index contributed by atoms with van der Waals surface area (Å²) in [7, 11) is 0. The average molecular weight is 391 g/mol. The molecule has 0 saturated carbocycles. The van der Waals surface area contributed by atoms with Crippen molar-refractivity contribution in [2.45, 2.75) is 6.42 Å². The summed E-state index contributed by atoms with van der Waals surface area (Å²) < 4.78 is 0. The highest BCUT2D eigenvalue weighted by Gasteiger charge is 2.05. The van der Waals surface area contributed by atoms with Gasteiger partial charge in [-0.3, -0.25) is 0 Å². The molecule has 140 valence electrons. The summed E-state index contributed by atoms with van der Waals surface area (Å²) >= 11 is 5.93. The van der Waals surface area contributed by atoms with Crippen LogP contribution in [0.3, 0.4) is 0 Å². The molecule has 6 heteroatoms. The third-order valence-corrected chi connectivity index (χ3v) is 4.68. The van der Waals surface area contributed by atoms with Crippen molar-refractivity contribution in [2.24, 2.45) is 0 Å². The normalized spacial score (nSPS) is 10.8. The van der Waals surface area contributed by atoms with Gasteiger partial charge in [0.2, 0.25) is 0 Å².